The molecule has 5 rings (SSSR count). The van der Waals surface area contributed by atoms with E-state index in [1.807, 2.05) is 17.0 Å². The van der Waals surface area contributed by atoms with Crippen molar-refractivity contribution in [3.8, 4) is 0 Å². The lowest BCUT2D eigenvalue weighted by atomic mass is 9.80. The van der Waals surface area contributed by atoms with E-state index in [0.29, 0.717) is 5.56 Å². The van der Waals surface area contributed by atoms with Gasteiger partial charge in [0.1, 0.15) is 0 Å². The first kappa shape index (κ1) is 17.6. The van der Waals surface area contributed by atoms with Gasteiger partial charge in [-0.05, 0) is 31.4 Å². The minimum atomic E-state index is -0.260. The Morgan fingerprint density at radius 2 is 1.93 bits per heavy atom. The summed E-state index contributed by atoms with van der Waals surface area (Å²) < 4.78 is 0. The Morgan fingerprint density at radius 3 is 2.67 bits per heavy atom. The summed E-state index contributed by atoms with van der Waals surface area (Å²) in [6.45, 7) is 4.33. The number of pyridine rings is 1. The molecule has 146 valence electrons. The largest absolute Gasteiger partial charge is 0.392 e. The Kier molecular flexibility index (Phi) is 4.45. The second kappa shape index (κ2) is 6.83. The van der Waals surface area contributed by atoms with Gasteiger partial charge in [-0.2, -0.15) is 0 Å². The van der Waals surface area contributed by atoms with Crippen LogP contribution in [0.25, 0.3) is 0 Å². The normalized spacial score (nSPS) is 31.7. The zero-order valence-corrected chi connectivity index (χ0v) is 16.0. The summed E-state index contributed by atoms with van der Waals surface area (Å²) >= 11 is 0. The van der Waals surface area contributed by atoms with Crippen molar-refractivity contribution in [3.05, 3.63) is 30.1 Å². The molecule has 1 aliphatic carbocycles. The monoisotopic (exact) mass is 370 g/mol. The number of nitrogens with zero attached hydrogens (tertiary/aromatic N) is 4. The van der Waals surface area contributed by atoms with Crippen molar-refractivity contribution in [2.24, 2.45) is 0 Å². The summed E-state index contributed by atoms with van der Waals surface area (Å²) in [4.78, 5) is 24.4. The van der Waals surface area contributed by atoms with Crippen LogP contribution in [0.3, 0.4) is 0 Å². The SMILES string of the molecule is O=C(c1cccnc1)N1CC2CC(O)CN2C2(C1)CN(C1CCCCC1)C2. The number of aliphatic hydroxyl groups is 1. The van der Waals surface area contributed by atoms with Gasteiger partial charge in [0.15, 0.2) is 0 Å². The number of hydrogen-bond donors (Lipinski definition) is 1. The number of hydrogen-bond acceptors (Lipinski definition) is 5. The van der Waals surface area contributed by atoms with E-state index >= 15 is 0 Å². The molecule has 1 spiro atoms. The molecule has 3 saturated heterocycles. The number of β-amino-alcohol motifs (C(OH)–C–C–N with tert-alkyl or cyclic N) is 1. The maximum atomic E-state index is 13.1. The molecule has 1 saturated carbocycles. The Hall–Kier alpha value is -1.50. The molecule has 2 unspecified atom stereocenters. The highest BCUT2D eigenvalue weighted by atomic mass is 16.3. The molecule has 6 nitrogen and oxygen atoms in total. The molecule has 0 bridgehead atoms. The van der Waals surface area contributed by atoms with Gasteiger partial charge < -0.3 is 10.0 Å². The van der Waals surface area contributed by atoms with Crippen LogP contribution in [0.2, 0.25) is 0 Å². The standard InChI is InChI=1S/C21H30N4O2/c26-19-9-18-11-23(20(27)16-5-4-8-22-10-16)13-21(25(18)12-19)14-24(15-21)17-6-2-1-3-7-17/h4-5,8,10,17-19,26H,1-3,6-7,9,11-15H2. The van der Waals surface area contributed by atoms with Gasteiger partial charge in [0.2, 0.25) is 0 Å². The van der Waals surface area contributed by atoms with Gasteiger partial charge in [0, 0.05) is 57.2 Å². The predicted octanol–water partition coefficient (Wildman–Crippen LogP) is 1.36. The molecule has 3 aliphatic heterocycles. The first-order chi connectivity index (χ1) is 13.1. The molecule has 1 aromatic rings. The van der Waals surface area contributed by atoms with Crippen molar-refractivity contribution < 1.29 is 9.90 Å². The predicted molar refractivity (Wildman–Crippen MR) is 102 cm³/mol. The highest BCUT2D eigenvalue weighted by Gasteiger charge is 2.57. The molecule has 0 aromatic carbocycles. The van der Waals surface area contributed by atoms with Crippen LogP contribution in [0.4, 0.5) is 0 Å². The third-order valence-corrected chi connectivity index (χ3v) is 7.20. The molecule has 1 aromatic heterocycles. The van der Waals surface area contributed by atoms with Crippen molar-refractivity contribution in [1.29, 1.82) is 0 Å². The van der Waals surface area contributed by atoms with Gasteiger partial charge in [0.05, 0.1) is 17.2 Å². The highest BCUT2D eigenvalue weighted by Crippen LogP contribution is 2.41. The molecular formula is C21H30N4O2. The fraction of sp³-hybridized carbons (Fsp3) is 0.714. The molecular weight excluding hydrogens is 340 g/mol. The highest BCUT2D eigenvalue weighted by molar-refractivity contribution is 5.94. The van der Waals surface area contributed by atoms with Crippen LogP contribution in [0.5, 0.6) is 0 Å². The van der Waals surface area contributed by atoms with Crippen LogP contribution in [-0.2, 0) is 0 Å². The number of aliphatic hydroxyl groups excluding tert-OH is 1. The second-order valence-corrected chi connectivity index (χ2v) is 9.04. The quantitative estimate of drug-likeness (QED) is 0.852. The molecule has 2 atom stereocenters. The van der Waals surface area contributed by atoms with E-state index in [1.165, 1.54) is 32.1 Å². The van der Waals surface area contributed by atoms with Gasteiger partial charge in [-0.25, -0.2) is 0 Å². The average molecular weight is 370 g/mol. The third-order valence-electron chi connectivity index (χ3n) is 7.20. The zero-order valence-electron chi connectivity index (χ0n) is 16.0. The van der Waals surface area contributed by atoms with Gasteiger partial charge in [-0.15, -0.1) is 0 Å². The number of aromatic nitrogens is 1. The average Bonchev–Trinajstić information content (AvgIpc) is 3.06. The summed E-state index contributed by atoms with van der Waals surface area (Å²) in [5.41, 5.74) is 0.693. The Bertz CT molecular complexity index is 685. The fourth-order valence-electron chi connectivity index (χ4n) is 5.93. The summed E-state index contributed by atoms with van der Waals surface area (Å²) in [6, 6.07) is 4.68. The second-order valence-electron chi connectivity index (χ2n) is 9.04. The van der Waals surface area contributed by atoms with Crippen molar-refractivity contribution >= 4 is 5.91 Å². The maximum absolute atomic E-state index is 13.1. The van der Waals surface area contributed by atoms with Crippen LogP contribution in [0.1, 0.15) is 48.9 Å². The minimum Gasteiger partial charge on any atom is -0.392 e. The first-order valence-corrected chi connectivity index (χ1v) is 10.5. The van der Waals surface area contributed by atoms with Crippen LogP contribution in [0, 0.1) is 0 Å². The zero-order chi connectivity index (χ0) is 18.4. The van der Waals surface area contributed by atoms with E-state index in [9.17, 15) is 9.90 Å². The van der Waals surface area contributed by atoms with E-state index < -0.39 is 0 Å². The number of amides is 1. The number of rotatable bonds is 2. The van der Waals surface area contributed by atoms with Crippen molar-refractivity contribution in [1.82, 2.24) is 19.7 Å². The molecule has 4 heterocycles. The van der Waals surface area contributed by atoms with Gasteiger partial charge in [-0.1, -0.05) is 19.3 Å². The number of piperazine rings is 1. The topological polar surface area (TPSA) is 59.9 Å². The number of fused-ring (bicyclic) bond motifs is 2. The minimum absolute atomic E-state index is 0.0235. The summed E-state index contributed by atoms with van der Waals surface area (Å²) in [5.74, 6) is 0.0830. The van der Waals surface area contributed by atoms with E-state index in [2.05, 4.69) is 14.8 Å². The molecule has 27 heavy (non-hydrogen) atoms. The lowest BCUT2D eigenvalue weighted by Crippen LogP contribution is -2.79. The van der Waals surface area contributed by atoms with Gasteiger partial charge in [-0.3, -0.25) is 19.6 Å². The number of carbonyl (C=O) groups is 1. The summed E-state index contributed by atoms with van der Waals surface area (Å²) in [6.07, 6.45) is 10.6. The Balaban J connectivity index is 1.35. The molecule has 4 aliphatic rings. The maximum Gasteiger partial charge on any atom is 0.255 e. The lowest BCUT2D eigenvalue weighted by Gasteiger charge is -2.62. The van der Waals surface area contributed by atoms with Crippen molar-refractivity contribution in [3.63, 3.8) is 0 Å². The van der Waals surface area contributed by atoms with E-state index in [4.69, 9.17) is 0 Å². The molecule has 1 amide bonds. The molecule has 0 radical (unpaired) electrons. The van der Waals surface area contributed by atoms with Gasteiger partial charge in [0.25, 0.3) is 5.91 Å². The molecule has 1 N–H and O–H groups in total. The smallest absolute Gasteiger partial charge is 0.255 e. The molecule has 6 heteroatoms. The van der Waals surface area contributed by atoms with Gasteiger partial charge >= 0.3 is 0 Å². The van der Waals surface area contributed by atoms with Crippen LogP contribution in [-0.4, -0.2) is 87.1 Å². The number of likely N-dealkylation sites (tertiary alicyclic amines) is 1. The van der Waals surface area contributed by atoms with E-state index in [1.54, 1.807) is 12.4 Å². The lowest BCUT2D eigenvalue weighted by molar-refractivity contribution is -0.122. The van der Waals surface area contributed by atoms with Crippen LogP contribution < -0.4 is 0 Å². The Morgan fingerprint density at radius 1 is 1.11 bits per heavy atom. The first-order valence-electron chi connectivity index (χ1n) is 10.5. The van der Waals surface area contributed by atoms with E-state index in [-0.39, 0.29) is 23.6 Å². The van der Waals surface area contributed by atoms with Crippen LogP contribution in [0.15, 0.2) is 24.5 Å². The fourth-order valence-corrected chi connectivity index (χ4v) is 5.93. The van der Waals surface area contributed by atoms with Crippen LogP contribution >= 0.6 is 0 Å². The van der Waals surface area contributed by atoms with Crippen molar-refractivity contribution in [2.75, 3.05) is 32.7 Å². The Labute approximate surface area is 161 Å². The van der Waals surface area contributed by atoms with E-state index in [0.717, 1.165) is 45.2 Å². The van der Waals surface area contributed by atoms with Crippen molar-refractivity contribution in [2.45, 2.75) is 62.3 Å². The third kappa shape index (κ3) is 3.08. The summed E-state index contributed by atoms with van der Waals surface area (Å²) in [7, 11) is 0. The number of carbonyl (C=O) groups excluding carboxylic acids is 1. The summed E-state index contributed by atoms with van der Waals surface area (Å²) in [5, 5.41) is 10.3. The molecule has 4 fully saturated rings.